The average Bonchev–Trinajstić information content (AvgIpc) is 3.37. The predicted octanol–water partition coefficient (Wildman–Crippen LogP) is 3.51. The summed E-state index contributed by atoms with van der Waals surface area (Å²) in [6.07, 6.45) is 0. The van der Waals surface area contributed by atoms with Crippen LogP contribution in [0.3, 0.4) is 0 Å². The van der Waals surface area contributed by atoms with Gasteiger partial charge in [-0.3, -0.25) is 9.52 Å². The molecular formula is C19H14N4O3S2. The zero-order valence-corrected chi connectivity index (χ0v) is 16.0. The number of carbonyl (C=O) groups is 1. The van der Waals surface area contributed by atoms with E-state index >= 15 is 0 Å². The van der Waals surface area contributed by atoms with Crippen LogP contribution in [0.4, 0.5) is 10.7 Å². The molecule has 0 radical (unpaired) electrons. The maximum absolute atomic E-state index is 12.7. The normalized spacial score (nSPS) is 16.1. The summed E-state index contributed by atoms with van der Waals surface area (Å²) in [4.78, 5) is 20.4. The molecule has 28 heavy (non-hydrogen) atoms. The molecule has 1 aliphatic heterocycles. The highest BCUT2D eigenvalue weighted by Crippen LogP contribution is 2.38. The number of nitrogens with zero attached hydrogens (tertiary/aromatic N) is 1. The molecule has 9 heteroatoms. The standard InChI is InChI=1S/C19H14N4O3S2/c24-19-17(18-20-14-4-1-2-5-15(14)21-18)12-10-11(7-8-13(12)22-19)28(25,26)23-16-6-3-9-27-16/h1-10,17,23H,(H,20,21)(H,22,24). The number of sulfonamides is 1. The van der Waals surface area contributed by atoms with E-state index in [1.54, 1.807) is 23.6 Å². The Morgan fingerprint density at radius 2 is 1.93 bits per heavy atom. The van der Waals surface area contributed by atoms with Gasteiger partial charge in [-0.05, 0) is 53.4 Å². The van der Waals surface area contributed by atoms with Crippen LogP contribution in [0.5, 0.6) is 0 Å². The Kier molecular flexibility index (Phi) is 3.74. The molecule has 0 bridgehead atoms. The first kappa shape index (κ1) is 17.0. The van der Waals surface area contributed by atoms with Gasteiger partial charge in [-0.25, -0.2) is 13.4 Å². The van der Waals surface area contributed by atoms with Gasteiger partial charge >= 0.3 is 0 Å². The monoisotopic (exact) mass is 410 g/mol. The number of benzene rings is 2. The van der Waals surface area contributed by atoms with E-state index < -0.39 is 15.9 Å². The first-order valence-electron chi connectivity index (χ1n) is 8.47. The van der Waals surface area contributed by atoms with E-state index in [9.17, 15) is 13.2 Å². The van der Waals surface area contributed by atoms with Crippen molar-refractivity contribution in [1.29, 1.82) is 0 Å². The molecule has 0 saturated heterocycles. The van der Waals surface area contributed by atoms with Gasteiger partial charge in [0.05, 0.1) is 15.9 Å². The van der Waals surface area contributed by atoms with Gasteiger partial charge in [-0.15, -0.1) is 11.3 Å². The van der Waals surface area contributed by atoms with Crippen molar-refractivity contribution in [3.63, 3.8) is 0 Å². The molecule has 3 N–H and O–H groups in total. The Labute approximate surface area is 164 Å². The second-order valence-corrected chi connectivity index (χ2v) is 9.02. The van der Waals surface area contributed by atoms with E-state index in [-0.39, 0.29) is 10.8 Å². The van der Waals surface area contributed by atoms with E-state index in [0.29, 0.717) is 22.1 Å². The Morgan fingerprint density at radius 3 is 2.71 bits per heavy atom. The molecule has 3 heterocycles. The van der Waals surface area contributed by atoms with Gasteiger partial charge < -0.3 is 10.3 Å². The van der Waals surface area contributed by atoms with Gasteiger partial charge in [0.2, 0.25) is 5.91 Å². The quantitative estimate of drug-likeness (QED) is 0.479. The van der Waals surface area contributed by atoms with Crippen molar-refractivity contribution in [2.24, 2.45) is 0 Å². The highest BCUT2D eigenvalue weighted by molar-refractivity contribution is 7.93. The lowest BCUT2D eigenvalue weighted by atomic mass is 10.0. The Morgan fingerprint density at radius 1 is 1.07 bits per heavy atom. The summed E-state index contributed by atoms with van der Waals surface area (Å²) in [5.74, 6) is -0.452. The number of hydrogen-bond donors (Lipinski definition) is 3. The lowest BCUT2D eigenvalue weighted by Gasteiger charge is -2.09. The van der Waals surface area contributed by atoms with Crippen LogP contribution in [0.25, 0.3) is 11.0 Å². The summed E-state index contributed by atoms with van der Waals surface area (Å²) in [6.45, 7) is 0. The summed E-state index contributed by atoms with van der Waals surface area (Å²) in [5.41, 5.74) is 2.74. The molecule has 1 amide bonds. The van der Waals surface area contributed by atoms with E-state index in [4.69, 9.17) is 0 Å². The topological polar surface area (TPSA) is 104 Å². The number of nitrogens with one attached hydrogen (secondary N) is 3. The fourth-order valence-corrected chi connectivity index (χ4v) is 5.28. The third-order valence-electron chi connectivity index (χ3n) is 4.60. The van der Waals surface area contributed by atoms with Crippen LogP contribution >= 0.6 is 11.3 Å². The highest BCUT2D eigenvalue weighted by Gasteiger charge is 2.35. The van der Waals surface area contributed by atoms with Crippen LogP contribution in [0.1, 0.15) is 17.3 Å². The van der Waals surface area contributed by atoms with Crippen molar-refractivity contribution in [3.8, 4) is 0 Å². The number of hydrogen-bond acceptors (Lipinski definition) is 5. The Hall–Kier alpha value is -3.17. The van der Waals surface area contributed by atoms with Crippen molar-refractivity contribution in [2.45, 2.75) is 10.8 Å². The van der Waals surface area contributed by atoms with Crippen LogP contribution in [0, 0.1) is 0 Å². The molecule has 0 saturated carbocycles. The predicted molar refractivity (Wildman–Crippen MR) is 108 cm³/mol. The molecule has 0 fully saturated rings. The van der Waals surface area contributed by atoms with Crippen molar-refractivity contribution >= 4 is 49.0 Å². The Bertz CT molecular complexity index is 1280. The minimum Gasteiger partial charge on any atom is -0.341 e. The summed E-state index contributed by atoms with van der Waals surface area (Å²) < 4.78 is 28.0. The van der Waals surface area contributed by atoms with Gasteiger partial charge in [-0.1, -0.05) is 12.1 Å². The summed E-state index contributed by atoms with van der Waals surface area (Å²) >= 11 is 1.30. The lowest BCUT2D eigenvalue weighted by Crippen LogP contribution is -2.15. The first-order valence-corrected chi connectivity index (χ1v) is 10.8. The maximum atomic E-state index is 12.7. The van der Waals surface area contributed by atoms with Crippen molar-refractivity contribution in [1.82, 2.24) is 9.97 Å². The Balaban J connectivity index is 1.57. The van der Waals surface area contributed by atoms with E-state index in [1.807, 2.05) is 24.3 Å². The van der Waals surface area contributed by atoms with Gasteiger partial charge in [0.25, 0.3) is 10.0 Å². The average molecular weight is 410 g/mol. The number of rotatable bonds is 4. The molecule has 1 unspecified atom stereocenters. The fourth-order valence-electron chi connectivity index (χ4n) is 3.32. The molecule has 2 aromatic heterocycles. The maximum Gasteiger partial charge on any atom is 0.262 e. The second kappa shape index (κ2) is 6.18. The number of H-pyrrole nitrogens is 1. The second-order valence-electron chi connectivity index (χ2n) is 6.39. The number of aromatic amines is 1. The fraction of sp³-hybridized carbons (Fsp3) is 0.0526. The molecule has 0 spiro atoms. The van der Waals surface area contributed by atoms with Gasteiger partial charge in [0, 0.05) is 5.69 Å². The number of anilines is 2. The molecule has 5 rings (SSSR count). The van der Waals surface area contributed by atoms with E-state index in [0.717, 1.165) is 11.0 Å². The minimum atomic E-state index is -3.76. The smallest absolute Gasteiger partial charge is 0.262 e. The number of para-hydroxylation sites is 2. The van der Waals surface area contributed by atoms with E-state index in [2.05, 4.69) is 20.0 Å². The molecule has 4 aromatic rings. The molecule has 2 aromatic carbocycles. The molecule has 140 valence electrons. The lowest BCUT2D eigenvalue weighted by molar-refractivity contribution is -0.116. The number of amides is 1. The van der Waals surface area contributed by atoms with Crippen molar-refractivity contribution in [2.75, 3.05) is 10.0 Å². The SMILES string of the molecule is O=C1Nc2ccc(S(=O)(=O)Nc3cccs3)cc2C1c1nc2ccccc2[nH]1. The van der Waals surface area contributed by atoms with Crippen LogP contribution in [-0.2, 0) is 14.8 Å². The molecular weight excluding hydrogens is 396 g/mol. The van der Waals surface area contributed by atoms with Crippen LogP contribution < -0.4 is 10.0 Å². The van der Waals surface area contributed by atoms with Gasteiger partial charge in [0.15, 0.2) is 0 Å². The first-order chi connectivity index (χ1) is 13.5. The van der Waals surface area contributed by atoms with Gasteiger partial charge in [0.1, 0.15) is 16.7 Å². The number of aromatic nitrogens is 2. The third kappa shape index (κ3) is 2.76. The van der Waals surface area contributed by atoms with Crippen molar-refractivity contribution < 1.29 is 13.2 Å². The number of imidazole rings is 1. The zero-order valence-electron chi connectivity index (χ0n) is 14.3. The minimum absolute atomic E-state index is 0.0947. The number of fused-ring (bicyclic) bond motifs is 2. The summed E-state index contributed by atoms with van der Waals surface area (Å²) in [7, 11) is -3.76. The number of carbonyl (C=O) groups excluding carboxylic acids is 1. The molecule has 0 aliphatic carbocycles. The van der Waals surface area contributed by atoms with Crippen LogP contribution in [-0.4, -0.2) is 24.3 Å². The largest absolute Gasteiger partial charge is 0.341 e. The zero-order chi connectivity index (χ0) is 19.3. The van der Waals surface area contributed by atoms with Crippen LogP contribution in [0.2, 0.25) is 0 Å². The summed E-state index contributed by atoms with van der Waals surface area (Å²) in [5, 5.41) is 5.13. The highest BCUT2D eigenvalue weighted by atomic mass is 32.2. The number of thiophene rings is 1. The summed E-state index contributed by atoms with van der Waals surface area (Å²) in [6, 6.07) is 15.6. The molecule has 1 aliphatic rings. The van der Waals surface area contributed by atoms with Gasteiger partial charge in [-0.2, -0.15) is 0 Å². The molecule has 1 atom stereocenters. The van der Waals surface area contributed by atoms with E-state index in [1.165, 1.54) is 23.5 Å². The van der Waals surface area contributed by atoms with Crippen LogP contribution in [0.15, 0.2) is 64.9 Å². The van der Waals surface area contributed by atoms with Crippen molar-refractivity contribution in [3.05, 3.63) is 71.4 Å². The third-order valence-corrected chi connectivity index (χ3v) is 6.88. The molecule has 7 nitrogen and oxygen atoms in total.